The van der Waals surface area contributed by atoms with Crippen molar-refractivity contribution in [3.8, 4) is 5.75 Å². The van der Waals surface area contributed by atoms with Gasteiger partial charge in [0.1, 0.15) is 10.4 Å². The maximum absolute atomic E-state index is 12.8. The van der Waals surface area contributed by atoms with Gasteiger partial charge in [0.05, 0.1) is 12.7 Å². The van der Waals surface area contributed by atoms with Crippen LogP contribution < -0.4 is 9.41 Å². The van der Waals surface area contributed by atoms with Crippen molar-refractivity contribution < 1.29 is 9.53 Å². The maximum Gasteiger partial charge on any atom is 0.282 e. The molecular weight excluding hydrogens is 370 g/mol. The lowest BCUT2D eigenvalue weighted by Gasteiger charge is -2.19. The third kappa shape index (κ3) is 5.19. The molecule has 0 bridgehead atoms. The molecule has 0 aliphatic heterocycles. The van der Waals surface area contributed by atoms with E-state index in [-0.39, 0.29) is 11.4 Å². The van der Waals surface area contributed by atoms with Crippen LogP contribution in [0.3, 0.4) is 0 Å². The number of likely N-dealkylation sites (N-methyl/N-ethyl adjacent to an activating group) is 1. The summed E-state index contributed by atoms with van der Waals surface area (Å²) in [5, 5.41) is 0.480. The second-order valence-corrected chi connectivity index (χ2v) is 8.76. The highest BCUT2D eigenvalue weighted by atomic mass is 35.5. The van der Waals surface area contributed by atoms with E-state index >= 15 is 0 Å². The molecule has 1 aromatic heterocycles. The first-order valence-corrected chi connectivity index (χ1v) is 9.56. The Balaban J connectivity index is 2.49. The van der Waals surface area contributed by atoms with Gasteiger partial charge in [-0.05, 0) is 71.0 Å². The van der Waals surface area contributed by atoms with Gasteiger partial charge in [-0.3, -0.25) is 8.75 Å². The first kappa shape index (κ1) is 20.7. The maximum atomic E-state index is 12.8. The second kappa shape index (κ2) is 8.37. The van der Waals surface area contributed by atoms with Gasteiger partial charge in [0, 0.05) is 28.9 Å². The Morgan fingerprint density at radius 3 is 2.62 bits per heavy atom. The molecule has 0 unspecified atom stereocenters. The summed E-state index contributed by atoms with van der Waals surface area (Å²) < 4.78 is 8.15. The SMILES string of the molecule is COc1ccc(Cl)cc1C(=O)/N=c1\sn(C(C)(C)C)cc1CCN(C)C. The molecule has 0 saturated carbocycles. The number of hydrogen-bond acceptors (Lipinski definition) is 4. The molecular formula is C19H26ClN3O2S. The minimum Gasteiger partial charge on any atom is -0.496 e. The van der Waals surface area contributed by atoms with E-state index in [2.05, 4.69) is 40.8 Å². The summed E-state index contributed by atoms with van der Waals surface area (Å²) >= 11 is 7.54. The second-order valence-electron chi connectivity index (χ2n) is 7.36. The lowest BCUT2D eigenvalue weighted by atomic mass is 10.1. The van der Waals surface area contributed by atoms with Crippen LogP contribution in [0.15, 0.2) is 29.4 Å². The fraction of sp³-hybridized carbons (Fsp3) is 0.474. The Hall–Kier alpha value is -1.63. The van der Waals surface area contributed by atoms with Crippen molar-refractivity contribution in [1.82, 2.24) is 8.86 Å². The summed E-state index contributed by atoms with van der Waals surface area (Å²) in [6.45, 7) is 7.28. The molecule has 7 heteroatoms. The monoisotopic (exact) mass is 395 g/mol. The molecule has 0 radical (unpaired) electrons. The Bertz CT molecular complexity index is 847. The minimum atomic E-state index is -0.349. The minimum absolute atomic E-state index is 0.0674. The Labute approximate surface area is 164 Å². The summed E-state index contributed by atoms with van der Waals surface area (Å²) in [5.74, 6) is 0.122. The number of carbonyl (C=O) groups is 1. The molecule has 1 amide bonds. The van der Waals surface area contributed by atoms with E-state index in [1.807, 2.05) is 14.1 Å². The van der Waals surface area contributed by atoms with Crippen LogP contribution in [0.4, 0.5) is 0 Å². The average molecular weight is 396 g/mol. The fourth-order valence-corrected chi connectivity index (χ4v) is 3.52. The molecule has 0 spiro atoms. The number of carbonyl (C=O) groups excluding carboxylic acids is 1. The smallest absolute Gasteiger partial charge is 0.282 e. The van der Waals surface area contributed by atoms with Crippen molar-refractivity contribution in [2.24, 2.45) is 4.99 Å². The van der Waals surface area contributed by atoms with Crippen molar-refractivity contribution in [2.75, 3.05) is 27.7 Å². The van der Waals surface area contributed by atoms with Crippen molar-refractivity contribution >= 4 is 29.0 Å². The zero-order valence-corrected chi connectivity index (χ0v) is 17.7. The molecule has 5 nitrogen and oxygen atoms in total. The quantitative estimate of drug-likeness (QED) is 0.773. The summed E-state index contributed by atoms with van der Waals surface area (Å²) in [6.07, 6.45) is 2.92. The summed E-state index contributed by atoms with van der Waals surface area (Å²) in [4.78, 5) is 19.3. The van der Waals surface area contributed by atoms with E-state index in [4.69, 9.17) is 16.3 Å². The summed E-state index contributed by atoms with van der Waals surface area (Å²) in [7, 11) is 5.59. The number of halogens is 1. The lowest BCUT2D eigenvalue weighted by Crippen LogP contribution is -2.18. The van der Waals surface area contributed by atoms with Gasteiger partial charge < -0.3 is 9.64 Å². The van der Waals surface area contributed by atoms with Crippen LogP contribution in [0, 0.1) is 0 Å². The van der Waals surface area contributed by atoms with Gasteiger partial charge in [-0.1, -0.05) is 11.6 Å². The van der Waals surface area contributed by atoms with Gasteiger partial charge >= 0.3 is 0 Å². The number of methoxy groups -OCH3 is 1. The van der Waals surface area contributed by atoms with E-state index in [1.165, 1.54) is 18.6 Å². The first-order valence-electron chi connectivity index (χ1n) is 8.41. The van der Waals surface area contributed by atoms with Gasteiger partial charge in [-0.2, -0.15) is 4.99 Å². The van der Waals surface area contributed by atoms with Crippen molar-refractivity contribution in [3.05, 3.63) is 45.2 Å². The van der Waals surface area contributed by atoms with Gasteiger partial charge in [-0.15, -0.1) is 0 Å². The highest BCUT2D eigenvalue weighted by Gasteiger charge is 2.17. The predicted octanol–water partition coefficient (Wildman–Crippen LogP) is 3.81. The van der Waals surface area contributed by atoms with Crippen LogP contribution in [0.2, 0.25) is 5.02 Å². The molecule has 2 rings (SSSR count). The van der Waals surface area contributed by atoms with Gasteiger partial charge in [0.2, 0.25) is 0 Å². The summed E-state index contributed by atoms with van der Waals surface area (Å²) in [5.41, 5.74) is 1.37. The number of hydrogen-bond donors (Lipinski definition) is 0. The largest absolute Gasteiger partial charge is 0.496 e. The topological polar surface area (TPSA) is 46.8 Å². The van der Waals surface area contributed by atoms with Crippen LogP contribution >= 0.6 is 23.1 Å². The number of aromatic nitrogens is 1. The molecule has 1 heterocycles. The molecule has 0 saturated heterocycles. The van der Waals surface area contributed by atoms with Crippen molar-refractivity contribution in [2.45, 2.75) is 32.7 Å². The number of amides is 1. The molecule has 0 fully saturated rings. The molecule has 142 valence electrons. The number of benzene rings is 1. The Kier molecular flexibility index (Phi) is 6.66. The number of nitrogens with zero attached hydrogens (tertiary/aromatic N) is 3. The standard InChI is InChI=1S/C19H26ClN3O2S/c1-19(2,3)23-12-13(9-10-22(4)5)18(26-23)21-17(24)15-11-14(20)7-8-16(15)25-6/h7-8,11-12H,9-10H2,1-6H3/b21-18-. The fourth-order valence-electron chi connectivity index (χ4n) is 2.31. The number of rotatable bonds is 5. The molecule has 0 aliphatic carbocycles. The van der Waals surface area contributed by atoms with Crippen molar-refractivity contribution in [3.63, 3.8) is 0 Å². The normalized spacial score (nSPS) is 12.7. The molecule has 26 heavy (non-hydrogen) atoms. The van der Waals surface area contributed by atoms with Crippen LogP contribution in [0.5, 0.6) is 5.75 Å². The average Bonchev–Trinajstić information content (AvgIpc) is 2.96. The van der Waals surface area contributed by atoms with E-state index < -0.39 is 0 Å². The lowest BCUT2D eigenvalue weighted by molar-refractivity contribution is 0.0996. The third-order valence-electron chi connectivity index (χ3n) is 3.82. The third-order valence-corrected chi connectivity index (χ3v) is 5.43. The highest BCUT2D eigenvalue weighted by molar-refractivity contribution is 7.04. The van der Waals surface area contributed by atoms with E-state index in [9.17, 15) is 4.79 Å². The highest BCUT2D eigenvalue weighted by Crippen LogP contribution is 2.23. The molecule has 0 N–H and O–H groups in total. The van der Waals surface area contributed by atoms with E-state index in [0.717, 1.165) is 23.2 Å². The number of ether oxygens (including phenoxy) is 1. The molecule has 0 aliphatic rings. The van der Waals surface area contributed by atoms with Crippen LogP contribution in [0.25, 0.3) is 0 Å². The van der Waals surface area contributed by atoms with Gasteiger partial charge in [-0.25, -0.2) is 0 Å². The van der Waals surface area contributed by atoms with Crippen LogP contribution in [0.1, 0.15) is 36.7 Å². The zero-order chi connectivity index (χ0) is 19.5. The van der Waals surface area contributed by atoms with Gasteiger partial charge in [0.25, 0.3) is 5.91 Å². The zero-order valence-electron chi connectivity index (χ0n) is 16.2. The summed E-state index contributed by atoms with van der Waals surface area (Å²) in [6, 6.07) is 4.97. The van der Waals surface area contributed by atoms with E-state index in [1.54, 1.807) is 18.2 Å². The first-order chi connectivity index (χ1) is 12.1. The van der Waals surface area contributed by atoms with Crippen LogP contribution in [-0.2, 0) is 12.0 Å². The van der Waals surface area contributed by atoms with Gasteiger partial charge in [0.15, 0.2) is 0 Å². The van der Waals surface area contributed by atoms with Crippen LogP contribution in [-0.4, -0.2) is 42.5 Å². The molecule has 2 aromatic rings. The van der Waals surface area contributed by atoms with Crippen molar-refractivity contribution in [1.29, 1.82) is 0 Å². The molecule has 0 atom stereocenters. The van der Waals surface area contributed by atoms with E-state index in [0.29, 0.717) is 16.3 Å². The predicted molar refractivity (Wildman–Crippen MR) is 107 cm³/mol. The Morgan fingerprint density at radius 1 is 1.35 bits per heavy atom. The Morgan fingerprint density at radius 2 is 2.04 bits per heavy atom. The molecule has 1 aromatic carbocycles.